The normalized spacial score (nSPS) is 10.1. The fraction of sp³-hybridized carbons (Fsp3) is 0.222. The Morgan fingerprint density at radius 2 is 1.78 bits per heavy atom. The first-order valence-corrected chi connectivity index (χ1v) is 8.09. The maximum absolute atomic E-state index is 9.10. The van der Waals surface area contributed by atoms with Crippen LogP contribution < -0.4 is 10.1 Å². The van der Waals surface area contributed by atoms with Crippen molar-refractivity contribution in [3.8, 4) is 5.75 Å². The monoisotopic (exact) mass is 372 g/mol. The van der Waals surface area contributed by atoms with Crippen LogP contribution in [0.1, 0.15) is 11.4 Å². The second kappa shape index (κ2) is 9.88. The standard InChI is InChI=1S/C16H18N4O.C2H2O4/c1-21-14-7-5-13(6-8-14)12-17-10-9-16-19-18-15-4-2-3-11-20(15)16;3-1(4)2(5)6/h2-8,11,17H,9-10,12H2,1H3;(H,3,4)(H,5,6). The van der Waals surface area contributed by atoms with Crippen molar-refractivity contribution < 1.29 is 24.5 Å². The molecule has 0 saturated heterocycles. The molecular weight excluding hydrogens is 352 g/mol. The molecule has 0 aliphatic rings. The predicted molar refractivity (Wildman–Crippen MR) is 96.7 cm³/mol. The highest BCUT2D eigenvalue weighted by molar-refractivity contribution is 6.27. The van der Waals surface area contributed by atoms with Crippen molar-refractivity contribution in [3.05, 3.63) is 60.0 Å². The zero-order valence-electron chi connectivity index (χ0n) is 14.7. The fourth-order valence-corrected chi connectivity index (χ4v) is 2.24. The fourth-order valence-electron chi connectivity index (χ4n) is 2.24. The molecule has 0 radical (unpaired) electrons. The lowest BCUT2D eigenvalue weighted by molar-refractivity contribution is -0.159. The van der Waals surface area contributed by atoms with E-state index in [0.29, 0.717) is 0 Å². The van der Waals surface area contributed by atoms with E-state index in [0.717, 1.165) is 36.7 Å². The molecule has 0 saturated carbocycles. The van der Waals surface area contributed by atoms with Crippen LogP contribution in [0, 0.1) is 0 Å². The smallest absolute Gasteiger partial charge is 0.414 e. The van der Waals surface area contributed by atoms with Crippen LogP contribution in [0.15, 0.2) is 48.7 Å². The third kappa shape index (κ3) is 6.08. The SMILES string of the molecule is COc1ccc(CNCCc2nnc3ccccn23)cc1.O=C(O)C(=O)O. The lowest BCUT2D eigenvalue weighted by Gasteiger charge is -2.05. The van der Waals surface area contributed by atoms with Gasteiger partial charge < -0.3 is 20.3 Å². The van der Waals surface area contributed by atoms with Gasteiger partial charge in [0.2, 0.25) is 0 Å². The Balaban J connectivity index is 0.000000380. The van der Waals surface area contributed by atoms with E-state index >= 15 is 0 Å². The number of methoxy groups -OCH3 is 1. The Kier molecular flexibility index (Phi) is 7.26. The number of carboxylic acids is 2. The highest BCUT2D eigenvalue weighted by Crippen LogP contribution is 2.11. The van der Waals surface area contributed by atoms with Gasteiger partial charge in [0, 0.05) is 25.7 Å². The molecule has 0 aliphatic carbocycles. The summed E-state index contributed by atoms with van der Waals surface area (Å²) in [5.41, 5.74) is 2.13. The van der Waals surface area contributed by atoms with E-state index in [4.69, 9.17) is 24.5 Å². The van der Waals surface area contributed by atoms with E-state index in [2.05, 4.69) is 27.6 Å². The van der Waals surface area contributed by atoms with Crippen LogP contribution in [-0.2, 0) is 22.6 Å². The largest absolute Gasteiger partial charge is 0.497 e. The summed E-state index contributed by atoms with van der Waals surface area (Å²) in [6.45, 7) is 1.70. The summed E-state index contributed by atoms with van der Waals surface area (Å²) in [6, 6.07) is 14.0. The van der Waals surface area contributed by atoms with Gasteiger partial charge in [0.05, 0.1) is 7.11 Å². The predicted octanol–water partition coefficient (Wildman–Crippen LogP) is 1.23. The van der Waals surface area contributed by atoms with Crippen molar-refractivity contribution in [2.24, 2.45) is 0 Å². The number of fused-ring (bicyclic) bond motifs is 1. The number of rotatable bonds is 6. The van der Waals surface area contributed by atoms with Gasteiger partial charge in [-0.15, -0.1) is 10.2 Å². The van der Waals surface area contributed by atoms with Gasteiger partial charge in [-0.2, -0.15) is 0 Å². The zero-order chi connectivity index (χ0) is 19.6. The molecular formula is C18H20N4O5. The van der Waals surface area contributed by atoms with Gasteiger partial charge in [-0.05, 0) is 29.8 Å². The number of aromatic nitrogens is 3. The maximum atomic E-state index is 9.10. The number of pyridine rings is 1. The molecule has 0 spiro atoms. The minimum Gasteiger partial charge on any atom is -0.497 e. The van der Waals surface area contributed by atoms with Crippen molar-refractivity contribution in [3.63, 3.8) is 0 Å². The van der Waals surface area contributed by atoms with Gasteiger partial charge >= 0.3 is 11.9 Å². The Bertz CT molecular complexity index is 880. The summed E-state index contributed by atoms with van der Waals surface area (Å²) >= 11 is 0. The van der Waals surface area contributed by atoms with E-state index in [9.17, 15) is 0 Å². The summed E-state index contributed by atoms with van der Waals surface area (Å²) in [7, 11) is 1.68. The number of nitrogens with one attached hydrogen (secondary N) is 1. The Morgan fingerprint density at radius 3 is 2.41 bits per heavy atom. The summed E-state index contributed by atoms with van der Waals surface area (Å²) in [5, 5.41) is 26.6. The van der Waals surface area contributed by atoms with Crippen LogP contribution in [0.5, 0.6) is 5.75 Å². The molecule has 142 valence electrons. The van der Waals surface area contributed by atoms with Crippen molar-refractivity contribution >= 4 is 17.6 Å². The van der Waals surface area contributed by atoms with Crippen LogP contribution >= 0.6 is 0 Å². The van der Waals surface area contributed by atoms with Crippen LogP contribution in [0.2, 0.25) is 0 Å². The van der Waals surface area contributed by atoms with Gasteiger partial charge in [-0.3, -0.25) is 4.40 Å². The zero-order valence-corrected chi connectivity index (χ0v) is 14.7. The van der Waals surface area contributed by atoms with Crippen molar-refractivity contribution in [1.82, 2.24) is 19.9 Å². The van der Waals surface area contributed by atoms with E-state index < -0.39 is 11.9 Å². The molecule has 1 aromatic carbocycles. The average molecular weight is 372 g/mol. The lowest BCUT2D eigenvalue weighted by Crippen LogP contribution is -2.17. The number of ether oxygens (including phenoxy) is 1. The van der Waals surface area contributed by atoms with E-state index in [1.165, 1.54) is 5.56 Å². The molecule has 2 aromatic heterocycles. The third-order valence-corrected chi connectivity index (χ3v) is 3.58. The van der Waals surface area contributed by atoms with Crippen molar-refractivity contribution in [2.75, 3.05) is 13.7 Å². The van der Waals surface area contributed by atoms with E-state index in [1.807, 2.05) is 40.9 Å². The second-order valence-corrected chi connectivity index (χ2v) is 5.43. The first-order chi connectivity index (χ1) is 13.0. The maximum Gasteiger partial charge on any atom is 0.414 e. The van der Waals surface area contributed by atoms with Gasteiger partial charge in [-0.25, -0.2) is 9.59 Å². The number of nitrogens with zero attached hydrogens (tertiary/aromatic N) is 3. The number of aliphatic carboxylic acids is 2. The molecule has 0 unspecified atom stereocenters. The summed E-state index contributed by atoms with van der Waals surface area (Å²) < 4.78 is 7.17. The van der Waals surface area contributed by atoms with Crippen LogP contribution in [0.4, 0.5) is 0 Å². The van der Waals surface area contributed by atoms with Crippen molar-refractivity contribution in [2.45, 2.75) is 13.0 Å². The number of carboxylic acid groups (broad SMARTS) is 2. The number of carbonyl (C=O) groups is 2. The van der Waals surface area contributed by atoms with E-state index in [1.54, 1.807) is 7.11 Å². The third-order valence-electron chi connectivity index (χ3n) is 3.58. The summed E-state index contributed by atoms with van der Waals surface area (Å²) in [5.74, 6) is -1.79. The highest BCUT2D eigenvalue weighted by atomic mass is 16.5. The second-order valence-electron chi connectivity index (χ2n) is 5.43. The molecule has 0 atom stereocenters. The number of benzene rings is 1. The molecule has 0 fully saturated rings. The lowest BCUT2D eigenvalue weighted by atomic mass is 10.2. The molecule has 2 heterocycles. The summed E-state index contributed by atoms with van der Waals surface area (Å²) in [6.07, 6.45) is 2.84. The van der Waals surface area contributed by atoms with Crippen LogP contribution in [0.3, 0.4) is 0 Å². The quantitative estimate of drug-likeness (QED) is 0.436. The molecule has 0 amide bonds. The van der Waals surface area contributed by atoms with Crippen LogP contribution in [0.25, 0.3) is 5.65 Å². The molecule has 9 nitrogen and oxygen atoms in total. The average Bonchev–Trinajstić information content (AvgIpc) is 3.09. The topological polar surface area (TPSA) is 126 Å². The molecule has 3 rings (SSSR count). The molecule has 3 aromatic rings. The first-order valence-electron chi connectivity index (χ1n) is 8.09. The first kappa shape index (κ1) is 19.9. The van der Waals surface area contributed by atoms with Gasteiger partial charge in [-0.1, -0.05) is 18.2 Å². The van der Waals surface area contributed by atoms with Crippen LogP contribution in [-0.4, -0.2) is 50.4 Å². The molecule has 27 heavy (non-hydrogen) atoms. The van der Waals surface area contributed by atoms with Crippen molar-refractivity contribution in [1.29, 1.82) is 0 Å². The molecule has 0 bridgehead atoms. The minimum atomic E-state index is -1.82. The Labute approximate surface area is 155 Å². The highest BCUT2D eigenvalue weighted by Gasteiger charge is 2.04. The van der Waals surface area contributed by atoms with Gasteiger partial charge in [0.1, 0.15) is 11.6 Å². The van der Waals surface area contributed by atoms with Gasteiger partial charge in [0.25, 0.3) is 0 Å². The summed E-state index contributed by atoms with van der Waals surface area (Å²) in [4.78, 5) is 18.2. The molecule has 0 aliphatic heterocycles. The van der Waals surface area contributed by atoms with Gasteiger partial charge in [0.15, 0.2) is 5.65 Å². The molecule has 3 N–H and O–H groups in total. The molecule has 9 heteroatoms. The van der Waals surface area contributed by atoms with E-state index in [-0.39, 0.29) is 0 Å². The number of hydrogen-bond donors (Lipinski definition) is 3. The Hall–Kier alpha value is -3.46. The minimum absolute atomic E-state index is 0.834. The number of hydrogen-bond acceptors (Lipinski definition) is 6. The Morgan fingerprint density at radius 1 is 1.07 bits per heavy atom.